The molecule has 0 bridgehead atoms. The molecule has 2 aromatic rings. The monoisotopic (exact) mass is 328 g/mol. The van der Waals surface area contributed by atoms with Crippen molar-refractivity contribution in [2.45, 2.75) is 39.7 Å². The highest BCUT2D eigenvalue weighted by Gasteiger charge is 2.06. The van der Waals surface area contributed by atoms with Crippen LogP contribution in [0.25, 0.3) is 0 Å². The molecule has 0 aliphatic carbocycles. The van der Waals surface area contributed by atoms with E-state index in [1.807, 2.05) is 24.3 Å². The summed E-state index contributed by atoms with van der Waals surface area (Å²) in [4.78, 5) is 23.5. The molecule has 0 aliphatic heterocycles. The smallest absolute Gasteiger partial charge is 0.254 e. The Labute approximate surface area is 142 Å². The second kappa shape index (κ2) is 8.91. The van der Waals surface area contributed by atoms with Crippen molar-refractivity contribution in [3.63, 3.8) is 0 Å². The molecule has 0 spiro atoms. The molecule has 0 aliphatic rings. The fraction of sp³-hybridized carbons (Fsp3) is 0.368. The maximum Gasteiger partial charge on any atom is 0.254 e. The Bertz CT molecular complexity index is 737. The first kappa shape index (κ1) is 17.8. The van der Waals surface area contributed by atoms with E-state index in [1.165, 1.54) is 13.0 Å². The number of carbonyl (C=O) groups is 1. The quantitative estimate of drug-likeness (QED) is 0.755. The number of amides is 1. The third-order valence-electron chi connectivity index (χ3n) is 3.65. The first-order valence-corrected chi connectivity index (χ1v) is 8.29. The Balaban J connectivity index is 2.08. The summed E-state index contributed by atoms with van der Waals surface area (Å²) in [5.74, 6) is 0.466. The first-order chi connectivity index (χ1) is 11.6. The number of benzene rings is 1. The third kappa shape index (κ3) is 5.26. The molecule has 1 N–H and O–H groups in total. The lowest BCUT2D eigenvalue weighted by atomic mass is 10.1. The molecule has 0 saturated carbocycles. The van der Waals surface area contributed by atoms with Gasteiger partial charge in [0.1, 0.15) is 5.75 Å². The SMILES string of the molecule is CCCCCOc1ccn(Cc2ccccc2NC(C)=O)c(=O)c1. The number of carbonyl (C=O) groups excluding carboxylic acids is 1. The second-order valence-corrected chi connectivity index (χ2v) is 5.72. The van der Waals surface area contributed by atoms with Gasteiger partial charge in [-0.2, -0.15) is 0 Å². The van der Waals surface area contributed by atoms with E-state index in [-0.39, 0.29) is 11.5 Å². The molecule has 0 fully saturated rings. The summed E-state index contributed by atoms with van der Waals surface area (Å²) in [5.41, 5.74) is 1.48. The average molecular weight is 328 g/mol. The standard InChI is InChI=1S/C19H24N2O3/c1-3-4-7-12-24-17-10-11-21(19(23)13-17)14-16-8-5-6-9-18(16)20-15(2)22/h5-6,8-11,13H,3-4,7,12,14H2,1-2H3,(H,20,22). The molecule has 1 amide bonds. The van der Waals surface area contributed by atoms with Crippen LogP contribution < -0.4 is 15.6 Å². The molecule has 0 atom stereocenters. The first-order valence-electron chi connectivity index (χ1n) is 8.29. The Kier molecular flexibility index (Phi) is 6.61. The topological polar surface area (TPSA) is 60.3 Å². The van der Waals surface area contributed by atoms with Gasteiger partial charge in [-0.25, -0.2) is 0 Å². The van der Waals surface area contributed by atoms with Crippen LogP contribution >= 0.6 is 0 Å². The Morgan fingerprint density at radius 1 is 1.21 bits per heavy atom. The molecule has 0 saturated heterocycles. The van der Waals surface area contributed by atoms with Crippen LogP contribution in [0.2, 0.25) is 0 Å². The average Bonchev–Trinajstić information content (AvgIpc) is 2.55. The van der Waals surface area contributed by atoms with Crippen molar-refractivity contribution in [1.29, 1.82) is 0 Å². The maximum atomic E-state index is 12.3. The van der Waals surface area contributed by atoms with Crippen molar-refractivity contribution in [2.24, 2.45) is 0 Å². The number of hydrogen-bond acceptors (Lipinski definition) is 3. The van der Waals surface area contributed by atoms with Gasteiger partial charge in [0, 0.05) is 24.9 Å². The number of para-hydroxylation sites is 1. The normalized spacial score (nSPS) is 10.4. The summed E-state index contributed by atoms with van der Waals surface area (Å²) in [6.07, 6.45) is 4.97. The van der Waals surface area contributed by atoms with Gasteiger partial charge in [-0.3, -0.25) is 9.59 Å². The van der Waals surface area contributed by atoms with Gasteiger partial charge in [0.25, 0.3) is 5.56 Å². The zero-order valence-electron chi connectivity index (χ0n) is 14.2. The minimum absolute atomic E-state index is 0.124. The van der Waals surface area contributed by atoms with Gasteiger partial charge in [-0.1, -0.05) is 38.0 Å². The Morgan fingerprint density at radius 3 is 2.71 bits per heavy atom. The van der Waals surface area contributed by atoms with Crippen LogP contribution in [-0.2, 0) is 11.3 Å². The van der Waals surface area contributed by atoms with Crippen LogP contribution in [0.3, 0.4) is 0 Å². The van der Waals surface area contributed by atoms with Crippen molar-refractivity contribution in [1.82, 2.24) is 4.57 Å². The van der Waals surface area contributed by atoms with E-state index >= 15 is 0 Å². The molecule has 1 aromatic carbocycles. The lowest BCUT2D eigenvalue weighted by Crippen LogP contribution is -2.20. The van der Waals surface area contributed by atoms with Crippen LogP contribution in [0.1, 0.15) is 38.7 Å². The van der Waals surface area contributed by atoms with Gasteiger partial charge < -0.3 is 14.6 Å². The maximum absolute atomic E-state index is 12.3. The second-order valence-electron chi connectivity index (χ2n) is 5.72. The van der Waals surface area contributed by atoms with Crippen molar-refractivity contribution in [3.8, 4) is 5.75 Å². The van der Waals surface area contributed by atoms with Crippen LogP contribution in [0, 0.1) is 0 Å². The molecular weight excluding hydrogens is 304 g/mol. The fourth-order valence-electron chi connectivity index (χ4n) is 2.41. The largest absolute Gasteiger partial charge is 0.493 e. The van der Waals surface area contributed by atoms with Crippen LogP contribution in [0.4, 0.5) is 5.69 Å². The summed E-state index contributed by atoms with van der Waals surface area (Å²) < 4.78 is 7.20. The number of unbranched alkanes of at least 4 members (excludes halogenated alkanes) is 2. The molecule has 5 heteroatoms. The van der Waals surface area contributed by atoms with E-state index in [9.17, 15) is 9.59 Å². The van der Waals surface area contributed by atoms with Crippen molar-refractivity contribution in [2.75, 3.05) is 11.9 Å². The number of anilines is 1. The summed E-state index contributed by atoms with van der Waals surface area (Å²) in [5, 5.41) is 2.79. The number of ether oxygens (including phenoxy) is 1. The molecule has 24 heavy (non-hydrogen) atoms. The number of rotatable bonds is 8. The van der Waals surface area contributed by atoms with E-state index in [4.69, 9.17) is 4.74 Å². The van der Waals surface area contributed by atoms with Crippen molar-refractivity contribution >= 4 is 11.6 Å². The van der Waals surface area contributed by atoms with Crippen molar-refractivity contribution < 1.29 is 9.53 Å². The zero-order valence-corrected chi connectivity index (χ0v) is 14.2. The third-order valence-corrected chi connectivity index (χ3v) is 3.65. The summed E-state index contributed by atoms with van der Waals surface area (Å²) >= 11 is 0. The van der Waals surface area contributed by atoms with Gasteiger partial charge in [-0.05, 0) is 24.1 Å². The summed E-state index contributed by atoms with van der Waals surface area (Å²) in [6, 6.07) is 10.8. The number of aromatic nitrogens is 1. The summed E-state index contributed by atoms with van der Waals surface area (Å²) in [6.45, 7) is 4.63. The number of nitrogens with zero attached hydrogens (tertiary/aromatic N) is 1. The van der Waals surface area contributed by atoms with E-state index < -0.39 is 0 Å². The predicted molar refractivity (Wildman–Crippen MR) is 95.6 cm³/mol. The molecule has 1 heterocycles. The zero-order chi connectivity index (χ0) is 17.4. The van der Waals surface area contributed by atoms with Gasteiger partial charge in [0.2, 0.25) is 5.91 Å². The molecule has 128 valence electrons. The minimum Gasteiger partial charge on any atom is -0.493 e. The highest BCUT2D eigenvalue weighted by atomic mass is 16.5. The highest BCUT2D eigenvalue weighted by molar-refractivity contribution is 5.89. The molecule has 2 rings (SSSR count). The summed E-state index contributed by atoms with van der Waals surface area (Å²) in [7, 11) is 0. The van der Waals surface area contributed by atoms with E-state index in [0.717, 1.165) is 30.5 Å². The van der Waals surface area contributed by atoms with Crippen LogP contribution in [-0.4, -0.2) is 17.1 Å². The molecular formula is C19H24N2O3. The minimum atomic E-state index is -0.134. The van der Waals surface area contributed by atoms with Gasteiger partial charge in [0.15, 0.2) is 0 Å². The number of pyridine rings is 1. The molecule has 5 nitrogen and oxygen atoms in total. The van der Waals surface area contributed by atoms with E-state index in [1.54, 1.807) is 16.8 Å². The van der Waals surface area contributed by atoms with Crippen molar-refractivity contribution in [3.05, 3.63) is 58.5 Å². The van der Waals surface area contributed by atoms with Gasteiger partial charge >= 0.3 is 0 Å². The Hall–Kier alpha value is -2.56. The molecule has 0 radical (unpaired) electrons. The van der Waals surface area contributed by atoms with Gasteiger partial charge in [0.05, 0.1) is 13.2 Å². The van der Waals surface area contributed by atoms with Crippen LogP contribution in [0.15, 0.2) is 47.4 Å². The van der Waals surface area contributed by atoms with E-state index in [2.05, 4.69) is 12.2 Å². The number of hydrogen-bond donors (Lipinski definition) is 1. The van der Waals surface area contributed by atoms with Gasteiger partial charge in [-0.15, -0.1) is 0 Å². The van der Waals surface area contributed by atoms with E-state index in [0.29, 0.717) is 18.9 Å². The highest BCUT2D eigenvalue weighted by Crippen LogP contribution is 2.16. The lowest BCUT2D eigenvalue weighted by Gasteiger charge is -2.12. The number of nitrogens with one attached hydrogen (secondary N) is 1. The fourth-order valence-corrected chi connectivity index (χ4v) is 2.41. The molecule has 1 aromatic heterocycles. The predicted octanol–water partition coefficient (Wildman–Crippen LogP) is 3.42. The Morgan fingerprint density at radius 2 is 2.00 bits per heavy atom. The lowest BCUT2D eigenvalue weighted by molar-refractivity contribution is -0.114. The molecule has 0 unspecified atom stereocenters. The van der Waals surface area contributed by atoms with Crippen LogP contribution in [0.5, 0.6) is 5.75 Å².